The Labute approximate surface area is 139 Å². The molecule has 0 saturated heterocycles. The van der Waals surface area contributed by atoms with Crippen LogP contribution in [-0.4, -0.2) is 21.8 Å². The van der Waals surface area contributed by atoms with Crippen LogP contribution >= 0.6 is 0 Å². The summed E-state index contributed by atoms with van der Waals surface area (Å²) in [6, 6.07) is 10.4. The highest BCUT2D eigenvalue weighted by Gasteiger charge is 2.04. The lowest BCUT2D eigenvalue weighted by Gasteiger charge is -2.11. The van der Waals surface area contributed by atoms with Gasteiger partial charge in [0.25, 0.3) is 0 Å². The molecule has 1 heterocycles. The highest BCUT2D eigenvalue weighted by molar-refractivity contribution is 5.75. The van der Waals surface area contributed by atoms with E-state index >= 15 is 0 Å². The number of pyridine rings is 1. The third-order valence-corrected chi connectivity index (χ3v) is 3.40. The van der Waals surface area contributed by atoms with E-state index in [0.29, 0.717) is 0 Å². The number of hydrogen-bond donors (Lipinski definition) is 3. The number of nitrogens with zero attached hydrogens (tertiary/aromatic N) is 1. The van der Waals surface area contributed by atoms with Gasteiger partial charge in [-0.15, -0.1) is 0 Å². The number of rotatable bonds is 1. The van der Waals surface area contributed by atoms with Crippen LogP contribution in [0.25, 0.3) is 5.57 Å². The maximum absolute atomic E-state index is 10.4. The van der Waals surface area contributed by atoms with Gasteiger partial charge in [0, 0.05) is 36.3 Å². The fraction of sp³-hybridized carbons (Fsp3) is 0.111. The summed E-state index contributed by atoms with van der Waals surface area (Å²) in [4.78, 5) is 20.6. The minimum atomic E-state index is -1.10. The number of allylic oxidation sites excluding steroid dienone is 2. The van der Waals surface area contributed by atoms with E-state index in [2.05, 4.69) is 12.2 Å². The summed E-state index contributed by atoms with van der Waals surface area (Å²) in [6.45, 7) is 0. The number of carboxylic acid groups (broad SMARTS) is 1. The summed E-state index contributed by atoms with van der Waals surface area (Å²) in [5.41, 5.74) is 14.4. The molecule has 1 aliphatic carbocycles. The Bertz CT molecular complexity index is 800. The van der Waals surface area contributed by atoms with Crippen molar-refractivity contribution in [2.45, 2.75) is 12.5 Å². The third-order valence-electron chi connectivity index (χ3n) is 3.40. The monoisotopic (exact) mass is 325 g/mol. The molecule has 0 bridgehead atoms. The standard InChI is InChI=1S/C12H14N2.C6H5NO3/c13-11-5-1-9(2-6-11)10-3-7-12(14)8-4-10;8-5-1-3-7(4-2-5)6(9)10/h1-7,12H,8,13-14H2;1-4H,(H,9,10). The number of aromatic nitrogens is 1. The predicted octanol–water partition coefficient (Wildman–Crippen LogP) is 2.31. The zero-order valence-electron chi connectivity index (χ0n) is 13.0. The fourth-order valence-corrected chi connectivity index (χ4v) is 2.07. The van der Waals surface area contributed by atoms with Crippen LogP contribution in [0.4, 0.5) is 10.5 Å². The first-order valence-corrected chi connectivity index (χ1v) is 7.37. The van der Waals surface area contributed by atoms with Gasteiger partial charge in [0.15, 0.2) is 5.43 Å². The molecule has 1 atom stereocenters. The quantitative estimate of drug-likeness (QED) is 0.697. The van der Waals surface area contributed by atoms with Gasteiger partial charge in [0.2, 0.25) is 0 Å². The topological polar surface area (TPSA) is 111 Å². The van der Waals surface area contributed by atoms with Crippen molar-refractivity contribution in [2.75, 3.05) is 5.73 Å². The normalized spacial score (nSPS) is 15.9. The van der Waals surface area contributed by atoms with Crippen LogP contribution < -0.4 is 16.9 Å². The smallest absolute Gasteiger partial charge is 0.415 e. The molecule has 3 rings (SSSR count). The molecule has 0 amide bonds. The lowest BCUT2D eigenvalue weighted by molar-refractivity contribution is 0.196. The molecule has 2 aromatic rings. The number of nitrogens with two attached hydrogens (primary N) is 2. The molecule has 0 spiro atoms. The summed E-state index contributed by atoms with van der Waals surface area (Å²) in [5, 5.41) is 8.34. The molecule has 1 aromatic carbocycles. The minimum absolute atomic E-state index is 0.174. The van der Waals surface area contributed by atoms with Gasteiger partial charge >= 0.3 is 6.09 Å². The lowest BCUT2D eigenvalue weighted by atomic mass is 9.97. The second-order valence-corrected chi connectivity index (χ2v) is 5.26. The fourth-order valence-electron chi connectivity index (χ4n) is 2.07. The molecule has 5 N–H and O–H groups in total. The second-order valence-electron chi connectivity index (χ2n) is 5.26. The van der Waals surface area contributed by atoms with Crippen molar-refractivity contribution < 1.29 is 9.90 Å². The molecule has 0 radical (unpaired) electrons. The molecule has 124 valence electrons. The maximum atomic E-state index is 10.4. The van der Waals surface area contributed by atoms with E-state index in [0.717, 1.165) is 16.7 Å². The van der Waals surface area contributed by atoms with Gasteiger partial charge in [0.05, 0.1) is 0 Å². The van der Waals surface area contributed by atoms with E-state index in [9.17, 15) is 9.59 Å². The van der Waals surface area contributed by atoms with Gasteiger partial charge in [0.1, 0.15) is 0 Å². The number of nitrogen functional groups attached to an aromatic ring is 1. The van der Waals surface area contributed by atoms with E-state index in [-0.39, 0.29) is 11.5 Å². The van der Waals surface area contributed by atoms with Crippen molar-refractivity contribution in [2.24, 2.45) is 5.73 Å². The van der Waals surface area contributed by atoms with Crippen LogP contribution in [0, 0.1) is 0 Å². The van der Waals surface area contributed by atoms with Crippen LogP contribution in [0.3, 0.4) is 0 Å². The number of anilines is 1. The second kappa shape index (κ2) is 7.94. The first kappa shape index (κ1) is 17.2. The molecule has 0 saturated carbocycles. The van der Waals surface area contributed by atoms with Gasteiger partial charge in [-0.25, -0.2) is 4.79 Å². The highest BCUT2D eigenvalue weighted by atomic mass is 16.4. The lowest BCUT2D eigenvalue weighted by Crippen LogP contribution is -2.17. The molecule has 24 heavy (non-hydrogen) atoms. The van der Waals surface area contributed by atoms with E-state index in [4.69, 9.17) is 16.6 Å². The Morgan fingerprint density at radius 3 is 2.25 bits per heavy atom. The molecular weight excluding hydrogens is 306 g/mol. The predicted molar refractivity (Wildman–Crippen MR) is 94.7 cm³/mol. The Hall–Kier alpha value is -3.12. The molecule has 6 heteroatoms. The number of benzene rings is 1. The summed E-state index contributed by atoms with van der Waals surface area (Å²) >= 11 is 0. The zero-order chi connectivity index (χ0) is 17.5. The molecule has 1 unspecified atom stereocenters. The van der Waals surface area contributed by atoms with Gasteiger partial charge in [-0.2, -0.15) is 0 Å². The van der Waals surface area contributed by atoms with Crippen LogP contribution in [0.1, 0.15) is 12.0 Å². The van der Waals surface area contributed by atoms with E-state index in [1.54, 1.807) is 0 Å². The van der Waals surface area contributed by atoms with Crippen molar-refractivity contribution in [1.82, 2.24) is 4.57 Å². The molecule has 1 aromatic heterocycles. The van der Waals surface area contributed by atoms with E-state index < -0.39 is 6.09 Å². The number of hydrogen-bond acceptors (Lipinski definition) is 4. The Kier molecular flexibility index (Phi) is 5.70. The summed E-state index contributed by atoms with van der Waals surface area (Å²) in [6.07, 6.45) is 8.48. The molecule has 1 aliphatic rings. The SMILES string of the molecule is Nc1ccc(C2=CCC(N)C=C2)cc1.O=C(O)n1ccc(=O)cc1. The van der Waals surface area contributed by atoms with Crippen molar-refractivity contribution in [3.05, 3.63) is 82.8 Å². The van der Waals surface area contributed by atoms with Crippen molar-refractivity contribution in [3.63, 3.8) is 0 Å². The first-order valence-electron chi connectivity index (χ1n) is 7.37. The summed E-state index contributed by atoms with van der Waals surface area (Å²) in [7, 11) is 0. The Morgan fingerprint density at radius 1 is 1.12 bits per heavy atom. The van der Waals surface area contributed by atoms with Gasteiger partial charge in [-0.3, -0.25) is 9.36 Å². The number of carbonyl (C=O) groups is 1. The average molecular weight is 325 g/mol. The third kappa shape index (κ3) is 4.96. The van der Waals surface area contributed by atoms with E-state index in [1.165, 1.54) is 35.7 Å². The van der Waals surface area contributed by atoms with Crippen LogP contribution in [-0.2, 0) is 0 Å². The van der Waals surface area contributed by atoms with Crippen LogP contribution in [0.2, 0.25) is 0 Å². The van der Waals surface area contributed by atoms with Gasteiger partial charge in [-0.1, -0.05) is 30.4 Å². The van der Waals surface area contributed by atoms with Crippen molar-refractivity contribution in [1.29, 1.82) is 0 Å². The van der Waals surface area contributed by atoms with Crippen molar-refractivity contribution >= 4 is 17.4 Å². The zero-order valence-corrected chi connectivity index (χ0v) is 13.0. The van der Waals surface area contributed by atoms with E-state index in [1.807, 2.05) is 30.3 Å². The van der Waals surface area contributed by atoms with Gasteiger partial charge in [-0.05, 0) is 29.7 Å². The van der Waals surface area contributed by atoms with Crippen LogP contribution in [0.5, 0.6) is 0 Å². The molecular formula is C18H19N3O3. The Morgan fingerprint density at radius 2 is 1.75 bits per heavy atom. The average Bonchev–Trinajstić information content (AvgIpc) is 2.57. The summed E-state index contributed by atoms with van der Waals surface area (Å²) < 4.78 is 0.904. The Balaban J connectivity index is 0.000000185. The summed E-state index contributed by atoms with van der Waals surface area (Å²) in [5.74, 6) is 0. The molecule has 6 nitrogen and oxygen atoms in total. The van der Waals surface area contributed by atoms with Crippen molar-refractivity contribution in [3.8, 4) is 0 Å². The van der Waals surface area contributed by atoms with Gasteiger partial charge < -0.3 is 16.6 Å². The minimum Gasteiger partial charge on any atom is -0.464 e. The maximum Gasteiger partial charge on any atom is 0.415 e. The highest BCUT2D eigenvalue weighted by Crippen LogP contribution is 2.21. The molecule has 0 aliphatic heterocycles. The molecule has 0 fully saturated rings. The first-order chi connectivity index (χ1) is 11.5. The van der Waals surface area contributed by atoms with Crippen LogP contribution in [0.15, 0.2) is 71.8 Å². The largest absolute Gasteiger partial charge is 0.464 e.